The fourth-order valence-electron chi connectivity index (χ4n) is 1.76. The van der Waals surface area contributed by atoms with Crippen LogP contribution in [0, 0.1) is 5.92 Å². The molecular weight excluding hydrogens is 234 g/mol. The van der Waals surface area contributed by atoms with Gasteiger partial charge in [0.05, 0.1) is 5.75 Å². The van der Waals surface area contributed by atoms with Gasteiger partial charge in [0.2, 0.25) is 5.89 Å². The number of aromatic nitrogens is 2. The van der Waals surface area contributed by atoms with Gasteiger partial charge < -0.3 is 10.3 Å². The summed E-state index contributed by atoms with van der Waals surface area (Å²) in [7, 11) is 0. The summed E-state index contributed by atoms with van der Waals surface area (Å²) in [6.45, 7) is 5.10. The lowest BCUT2D eigenvalue weighted by molar-refractivity contribution is 0.351. The molecule has 0 radical (unpaired) electrons. The highest BCUT2D eigenvalue weighted by atomic mass is 32.2. The standard InChI is InChI=1S/C12H23N3OS/c1-3-10(7-8-13)5-6-12-14-11(15-16-12)9-17-4-2/h10H,3-9,13H2,1-2H3. The first-order valence-electron chi connectivity index (χ1n) is 6.39. The molecule has 4 nitrogen and oxygen atoms in total. The maximum Gasteiger partial charge on any atom is 0.226 e. The third-order valence-electron chi connectivity index (χ3n) is 2.86. The zero-order valence-electron chi connectivity index (χ0n) is 10.8. The molecule has 0 amide bonds. The van der Waals surface area contributed by atoms with Crippen LogP contribution in [0.1, 0.15) is 44.8 Å². The summed E-state index contributed by atoms with van der Waals surface area (Å²) in [6.07, 6.45) is 4.23. The summed E-state index contributed by atoms with van der Waals surface area (Å²) < 4.78 is 5.23. The highest BCUT2D eigenvalue weighted by molar-refractivity contribution is 7.98. The Kier molecular flexibility index (Phi) is 7.28. The highest BCUT2D eigenvalue weighted by Crippen LogP contribution is 2.16. The van der Waals surface area contributed by atoms with E-state index in [-0.39, 0.29) is 0 Å². The first-order valence-corrected chi connectivity index (χ1v) is 7.54. The Balaban J connectivity index is 2.32. The fraction of sp³-hybridized carbons (Fsp3) is 0.833. The average molecular weight is 257 g/mol. The van der Waals surface area contributed by atoms with E-state index in [1.807, 2.05) is 11.8 Å². The van der Waals surface area contributed by atoms with Gasteiger partial charge in [-0.15, -0.1) is 0 Å². The Morgan fingerprint density at radius 1 is 1.35 bits per heavy atom. The monoisotopic (exact) mass is 257 g/mol. The smallest absolute Gasteiger partial charge is 0.226 e. The molecule has 0 aliphatic rings. The van der Waals surface area contributed by atoms with Crippen LogP contribution in [0.4, 0.5) is 0 Å². The summed E-state index contributed by atoms with van der Waals surface area (Å²) >= 11 is 1.81. The van der Waals surface area contributed by atoms with Crippen molar-refractivity contribution in [2.75, 3.05) is 12.3 Å². The molecular formula is C12H23N3OS. The van der Waals surface area contributed by atoms with Gasteiger partial charge in [0.15, 0.2) is 5.82 Å². The van der Waals surface area contributed by atoms with Crippen molar-refractivity contribution in [3.05, 3.63) is 11.7 Å². The largest absolute Gasteiger partial charge is 0.339 e. The summed E-state index contributed by atoms with van der Waals surface area (Å²) in [5.41, 5.74) is 5.58. The number of rotatable bonds is 9. The summed E-state index contributed by atoms with van der Waals surface area (Å²) in [6, 6.07) is 0. The average Bonchev–Trinajstić information content (AvgIpc) is 2.80. The van der Waals surface area contributed by atoms with E-state index < -0.39 is 0 Å². The van der Waals surface area contributed by atoms with Crippen molar-refractivity contribution in [2.24, 2.45) is 11.7 Å². The van der Waals surface area contributed by atoms with Crippen LogP contribution < -0.4 is 5.73 Å². The predicted molar refractivity (Wildman–Crippen MR) is 71.9 cm³/mol. The zero-order chi connectivity index (χ0) is 12.5. The molecule has 1 heterocycles. The van der Waals surface area contributed by atoms with Gasteiger partial charge in [0, 0.05) is 6.42 Å². The van der Waals surface area contributed by atoms with Crippen LogP contribution in [0.5, 0.6) is 0 Å². The molecule has 0 aromatic carbocycles. The van der Waals surface area contributed by atoms with Crippen LogP contribution in [-0.2, 0) is 12.2 Å². The van der Waals surface area contributed by atoms with Crippen molar-refractivity contribution in [1.82, 2.24) is 10.1 Å². The van der Waals surface area contributed by atoms with E-state index in [0.717, 1.165) is 49.0 Å². The second-order valence-electron chi connectivity index (χ2n) is 4.13. The number of aryl methyl sites for hydroxylation is 1. The van der Waals surface area contributed by atoms with Crippen LogP contribution in [-0.4, -0.2) is 22.4 Å². The van der Waals surface area contributed by atoms with E-state index in [1.54, 1.807) is 0 Å². The Bertz CT molecular complexity index is 304. The Morgan fingerprint density at radius 2 is 2.18 bits per heavy atom. The van der Waals surface area contributed by atoms with Gasteiger partial charge in [0.25, 0.3) is 0 Å². The predicted octanol–water partition coefficient (Wildman–Crippen LogP) is 2.63. The van der Waals surface area contributed by atoms with Crippen molar-refractivity contribution in [3.8, 4) is 0 Å². The highest BCUT2D eigenvalue weighted by Gasteiger charge is 2.10. The van der Waals surface area contributed by atoms with Gasteiger partial charge in [-0.3, -0.25) is 0 Å². The van der Waals surface area contributed by atoms with E-state index in [4.69, 9.17) is 10.3 Å². The van der Waals surface area contributed by atoms with Crippen LogP contribution >= 0.6 is 11.8 Å². The number of hydrogen-bond donors (Lipinski definition) is 1. The Hall–Kier alpha value is -0.550. The summed E-state index contributed by atoms with van der Waals surface area (Å²) in [5, 5.41) is 3.97. The third kappa shape index (κ3) is 5.55. The minimum atomic E-state index is 0.681. The van der Waals surface area contributed by atoms with Crippen molar-refractivity contribution in [3.63, 3.8) is 0 Å². The van der Waals surface area contributed by atoms with Crippen molar-refractivity contribution >= 4 is 11.8 Å². The van der Waals surface area contributed by atoms with Crippen molar-refractivity contribution in [1.29, 1.82) is 0 Å². The molecule has 0 aliphatic carbocycles. The van der Waals surface area contributed by atoms with Gasteiger partial charge in [-0.1, -0.05) is 25.4 Å². The molecule has 1 atom stereocenters. The second-order valence-corrected chi connectivity index (χ2v) is 5.41. The molecule has 0 saturated carbocycles. The van der Waals surface area contributed by atoms with Gasteiger partial charge in [0.1, 0.15) is 0 Å². The van der Waals surface area contributed by atoms with Gasteiger partial charge in [-0.05, 0) is 31.1 Å². The van der Waals surface area contributed by atoms with Crippen LogP contribution in [0.3, 0.4) is 0 Å². The zero-order valence-corrected chi connectivity index (χ0v) is 11.6. The molecule has 17 heavy (non-hydrogen) atoms. The van der Waals surface area contributed by atoms with E-state index in [1.165, 1.54) is 6.42 Å². The minimum absolute atomic E-state index is 0.681. The lowest BCUT2D eigenvalue weighted by atomic mass is 9.97. The molecule has 0 bridgehead atoms. The van der Waals surface area contributed by atoms with Gasteiger partial charge in [-0.2, -0.15) is 16.7 Å². The molecule has 1 aromatic rings. The normalized spacial score (nSPS) is 12.9. The third-order valence-corrected chi connectivity index (χ3v) is 3.73. The lowest BCUT2D eigenvalue weighted by Crippen LogP contribution is -2.09. The maximum atomic E-state index is 5.58. The van der Waals surface area contributed by atoms with Gasteiger partial charge >= 0.3 is 0 Å². The summed E-state index contributed by atoms with van der Waals surface area (Å²) in [5.74, 6) is 4.20. The number of hydrogen-bond acceptors (Lipinski definition) is 5. The number of nitrogens with two attached hydrogens (primary N) is 1. The molecule has 0 saturated heterocycles. The van der Waals surface area contributed by atoms with Crippen molar-refractivity contribution < 1.29 is 4.52 Å². The fourth-order valence-corrected chi connectivity index (χ4v) is 2.26. The minimum Gasteiger partial charge on any atom is -0.339 e. The quantitative estimate of drug-likeness (QED) is 0.736. The van der Waals surface area contributed by atoms with Crippen molar-refractivity contribution in [2.45, 2.75) is 45.3 Å². The van der Waals surface area contributed by atoms with Crippen LogP contribution in [0.15, 0.2) is 4.52 Å². The Labute approximate surface area is 108 Å². The molecule has 0 aliphatic heterocycles. The molecule has 0 spiro atoms. The SMILES string of the molecule is CCSCc1noc(CCC(CC)CCN)n1. The van der Waals surface area contributed by atoms with E-state index in [2.05, 4.69) is 24.0 Å². The van der Waals surface area contributed by atoms with E-state index in [0.29, 0.717) is 5.92 Å². The van der Waals surface area contributed by atoms with Gasteiger partial charge in [-0.25, -0.2) is 0 Å². The Morgan fingerprint density at radius 3 is 2.82 bits per heavy atom. The molecule has 0 fully saturated rings. The molecule has 1 aromatic heterocycles. The molecule has 1 unspecified atom stereocenters. The first kappa shape index (κ1) is 14.5. The van der Waals surface area contributed by atoms with E-state index in [9.17, 15) is 0 Å². The van der Waals surface area contributed by atoms with E-state index >= 15 is 0 Å². The number of nitrogens with zero attached hydrogens (tertiary/aromatic N) is 2. The summed E-state index contributed by atoms with van der Waals surface area (Å²) in [4.78, 5) is 4.38. The molecule has 2 N–H and O–H groups in total. The molecule has 98 valence electrons. The molecule has 5 heteroatoms. The van der Waals surface area contributed by atoms with Crippen LogP contribution in [0.2, 0.25) is 0 Å². The maximum absolute atomic E-state index is 5.58. The topological polar surface area (TPSA) is 64.9 Å². The second kappa shape index (κ2) is 8.53. The lowest BCUT2D eigenvalue weighted by Gasteiger charge is -2.11. The van der Waals surface area contributed by atoms with Crippen LogP contribution in [0.25, 0.3) is 0 Å². The first-order chi connectivity index (χ1) is 8.30. The number of thioether (sulfide) groups is 1. The molecule has 1 rings (SSSR count).